The number of hydrazine groups is 1. The molecule has 3 aromatic carbocycles. The van der Waals surface area contributed by atoms with Crippen LogP contribution in [-0.4, -0.2) is 21.6 Å². The molecule has 1 heterocycles. The number of amides is 2. The number of hydrogen-bond acceptors (Lipinski definition) is 4. The molecule has 0 aliphatic carbocycles. The molecular weight excluding hydrogens is 423 g/mol. The highest BCUT2D eigenvalue weighted by molar-refractivity contribution is 6.05. The van der Waals surface area contributed by atoms with Crippen LogP contribution in [0.1, 0.15) is 28.0 Å². The Morgan fingerprint density at radius 2 is 1.48 bits per heavy atom. The Balaban J connectivity index is 1.49. The number of halogens is 1. The molecule has 0 spiro atoms. The highest BCUT2D eigenvalue weighted by Gasteiger charge is 2.17. The molecule has 0 unspecified atom stereocenters. The van der Waals surface area contributed by atoms with Crippen LogP contribution in [0.3, 0.4) is 0 Å². The van der Waals surface area contributed by atoms with Gasteiger partial charge in [-0.25, -0.2) is 9.07 Å². The van der Waals surface area contributed by atoms with Crippen molar-refractivity contribution in [1.29, 1.82) is 0 Å². The van der Waals surface area contributed by atoms with Crippen LogP contribution in [0, 0.1) is 5.82 Å². The van der Waals surface area contributed by atoms with Crippen LogP contribution in [0.4, 0.5) is 4.39 Å². The average Bonchev–Trinajstić information content (AvgIpc) is 2.84. The monoisotopic (exact) mass is 444 g/mol. The summed E-state index contributed by atoms with van der Waals surface area (Å²) in [6.07, 6.45) is 0.499. The number of hydrogen-bond donors (Lipinski definition) is 2. The summed E-state index contributed by atoms with van der Waals surface area (Å²) in [6.45, 7) is 0.203. The zero-order valence-corrected chi connectivity index (χ0v) is 17.6. The molecule has 4 rings (SSSR count). The van der Waals surface area contributed by atoms with Crippen molar-refractivity contribution < 1.29 is 14.0 Å². The summed E-state index contributed by atoms with van der Waals surface area (Å²) in [5.41, 5.74) is 6.13. The van der Waals surface area contributed by atoms with Crippen molar-refractivity contribution >= 4 is 22.6 Å². The predicted octanol–water partition coefficient (Wildman–Crippen LogP) is 2.98. The van der Waals surface area contributed by atoms with Gasteiger partial charge in [0.2, 0.25) is 5.91 Å². The Bertz CT molecular complexity index is 1350. The number of fused-ring (bicyclic) bond motifs is 1. The lowest BCUT2D eigenvalue weighted by Gasteiger charge is -2.12. The van der Waals surface area contributed by atoms with E-state index in [9.17, 15) is 18.8 Å². The molecule has 4 aromatic rings. The van der Waals surface area contributed by atoms with Gasteiger partial charge in [0.15, 0.2) is 5.69 Å². The summed E-state index contributed by atoms with van der Waals surface area (Å²) in [7, 11) is 0. The van der Waals surface area contributed by atoms with E-state index in [2.05, 4.69) is 16.0 Å². The van der Waals surface area contributed by atoms with Gasteiger partial charge in [0.1, 0.15) is 5.82 Å². The van der Waals surface area contributed by atoms with E-state index in [1.54, 1.807) is 36.4 Å². The minimum atomic E-state index is -0.636. The normalized spacial score (nSPS) is 10.7. The largest absolute Gasteiger partial charge is 0.290 e. The first-order valence-corrected chi connectivity index (χ1v) is 10.4. The lowest BCUT2D eigenvalue weighted by molar-refractivity contribution is -0.121. The number of aromatic nitrogens is 2. The topological polar surface area (TPSA) is 93.1 Å². The van der Waals surface area contributed by atoms with E-state index in [0.717, 1.165) is 11.1 Å². The second-order valence-corrected chi connectivity index (χ2v) is 7.47. The molecular formula is C25H21FN4O3. The zero-order chi connectivity index (χ0) is 23.2. The molecule has 7 nitrogen and oxygen atoms in total. The molecule has 166 valence electrons. The van der Waals surface area contributed by atoms with Crippen molar-refractivity contribution in [2.24, 2.45) is 0 Å². The standard InChI is InChI=1S/C25H21FN4O3/c26-19-13-10-17(11-14-19)12-15-22(31)27-28-24(32)23-20-8-4-5-9-21(20)25(33)30(29-23)16-18-6-2-1-3-7-18/h1-11,13-14H,12,15-16H2,(H,27,31)(H,28,32). The summed E-state index contributed by atoms with van der Waals surface area (Å²) < 4.78 is 14.2. The van der Waals surface area contributed by atoms with Gasteiger partial charge >= 0.3 is 0 Å². The minimum absolute atomic E-state index is 0.0277. The number of aryl methyl sites for hydroxylation is 1. The molecule has 2 amide bonds. The number of benzene rings is 3. The summed E-state index contributed by atoms with van der Waals surface area (Å²) in [5.74, 6) is -1.39. The third kappa shape index (κ3) is 5.30. The van der Waals surface area contributed by atoms with E-state index in [-0.39, 0.29) is 30.0 Å². The third-order valence-electron chi connectivity index (χ3n) is 5.13. The van der Waals surface area contributed by atoms with E-state index in [1.807, 2.05) is 30.3 Å². The lowest BCUT2D eigenvalue weighted by Crippen LogP contribution is -2.43. The summed E-state index contributed by atoms with van der Waals surface area (Å²) >= 11 is 0. The number of rotatable bonds is 6. The van der Waals surface area contributed by atoms with Gasteiger partial charge in [0, 0.05) is 11.8 Å². The number of nitrogens with zero attached hydrogens (tertiary/aromatic N) is 2. The van der Waals surface area contributed by atoms with Gasteiger partial charge in [-0.3, -0.25) is 25.2 Å². The Hall–Kier alpha value is -4.33. The van der Waals surface area contributed by atoms with Crippen LogP contribution in [0.5, 0.6) is 0 Å². The number of nitrogens with one attached hydrogen (secondary N) is 2. The fourth-order valence-corrected chi connectivity index (χ4v) is 3.42. The fourth-order valence-electron chi connectivity index (χ4n) is 3.42. The van der Waals surface area contributed by atoms with Gasteiger partial charge in [-0.1, -0.05) is 60.7 Å². The molecule has 0 saturated heterocycles. The van der Waals surface area contributed by atoms with Gasteiger partial charge in [-0.2, -0.15) is 5.10 Å². The third-order valence-corrected chi connectivity index (χ3v) is 5.13. The zero-order valence-electron chi connectivity index (χ0n) is 17.6. The predicted molar refractivity (Wildman–Crippen MR) is 122 cm³/mol. The van der Waals surface area contributed by atoms with Crippen molar-refractivity contribution in [3.05, 3.63) is 112 Å². The second-order valence-electron chi connectivity index (χ2n) is 7.47. The van der Waals surface area contributed by atoms with Gasteiger partial charge in [-0.15, -0.1) is 0 Å². The van der Waals surface area contributed by atoms with E-state index in [1.165, 1.54) is 16.8 Å². The molecule has 33 heavy (non-hydrogen) atoms. The van der Waals surface area contributed by atoms with Gasteiger partial charge in [0.05, 0.1) is 11.9 Å². The number of carbonyl (C=O) groups is 2. The SMILES string of the molecule is O=C(CCc1ccc(F)cc1)NNC(=O)c1nn(Cc2ccccc2)c(=O)c2ccccc12. The molecule has 1 aromatic heterocycles. The van der Waals surface area contributed by atoms with Crippen LogP contribution in [-0.2, 0) is 17.8 Å². The van der Waals surface area contributed by atoms with Crippen molar-refractivity contribution in [3.63, 3.8) is 0 Å². The molecule has 2 N–H and O–H groups in total. The van der Waals surface area contributed by atoms with Crippen molar-refractivity contribution in [2.45, 2.75) is 19.4 Å². The van der Waals surface area contributed by atoms with Crippen LogP contribution in [0.15, 0.2) is 83.7 Å². The highest BCUT2D eigenvalue weighted by Crippen LogP contribution is 2.14. The molecule has 0 radical (unpaired) electrons. The Morgan fingerprint density at radius 1 is 0.818 bits per heavy atom. The van der Waals surface area contributed by atoms with E-state index in [4.69, 9.17) is 0 Å². The van der Waals surface area contributed by atoms with Crippen molar-refractivity contribution in [1.82, 2.24) is 20.6 Å². The Kier molecular flexibility index (Phi) is 6.54. The average molecular weight is 444 g/mol. The van der Waals surface area contributed by atoms with Gasteiger partial charge in [-0.05, 0) is 35.7 Å². The second kappa shape index (κ2) is 9.86. The summed E-state index contributed by atoms with van der Waals surface area (Å²) in [5, 5.41) is 5.03. The Morgan fingerprint density at radius 3 is 2.21 bits per heavy atom. The van der Waals surface area contributed by atoms with Crippen LogP contribution in [0.25, 0.3) is 10.8 Å². The Labute approximate surface area is 188 Å². The van der Waals surface area contributed by atoms with Gasteiger partial charge in [0.25, 0.3) is 11.5 Å². The first kappa shape index (κ1) is 21.9. The molecule has 0 saturated carbocycles. The first-order chi connectivity index (χ1) is 16.0. The summed E-state index contributed by atoms with van der Waals surface area (Å²) in [4.78, 5) is 37.9. The fraction of sp³-hybridized carbons (Fsp3) is 0.120. The van der Waals surface area contributed by atoms with Crippen LogP contribution >= 0.6 is 0 Å². The molecule has 0 aliphatic rings. The quantitative estimate of drug-likeness (QED) is 0.447. The van der Waals surface area contributed by atoms with E-state index >= 15 is 0 Å². The molecule has 0 aliphatic heterocycles. The minimum Gasteiger partial charge on any atom is -0.273 e. The van der Waals surface area contributed by atoms with Crippen molar-refractivity contribution in [3.8, 4) is 0 Å². The molecule has 0 atom stereocenters. The van der Waals surface area contributed by atoms with Crippen LogP contribution in [0.2, 0.25) is 0 Å². The highest BCUT2D eigenvalue weighted by atomic mass is 19.1. The molecule has 8 heteroatoms. The molecule has 0 bridgehead atoms. The summed E-state index contributed by atoms with van der Waals surface area (Å²) in [6, 6.07) is 21.9. The van der Waals surface area contributed by atoms with Crippen LogP contribution < -0.4 is 16.4 Å². The lowest BCUT2D eigenvalue weighted by atomic mass is 10.1. The molecule has 0 fully saturated rings. The number of carbonyl (C=O) groups excluding carboxylic acids is 2. The maximum Gasteiger partial charge on any atom is 0.290 e. The van der Waals surface area contributed by atoms with Gasteiger partial charge < -0.3 is 0 Å². The maximum absolute atomic E-state index is 13.0. The smallest absolute Gasteiger partial charge is 0.273 e. The maximum atomic E-state index is 13.0. The van der Waals surface area contributed by atoms with E-state index < -0.39 is 11.8 Å². The first-order valence-electron chi connectivity index (χ1n) is 10.4. The van der Waals surface area contributed by atoms with E-state index in [0.29, 0.717) is 17.2 Å². The van der Waals surface area contributed by atoms with Crippen molar-refractivity contribution in [2.75, 3.05) is 0 Å².